The van der Waals surface area contributed by atoms with Crippen molar-refractivity contribution >= 4 is 21.7 Å². The summed E-state index contributed by atoms with van der Waals surface area (Å²) in [6, 6.07) is 4.33. The molecule has 0 fully saturated rings. The average Bonchev–Trinajstić information content (AvgIpc) is 2.28. The Bertz CT molecular complexity index is 385. The molecular formula is C12H15BrFNO2. The van der Waals surface area contributed by atoms with Gasteiger partial charge in [0, 0.05) is 24.5 Å². The van der Waals surface area contributed by atoms with E-state index in [2.05, 4.69) is 21.2 Å². The average molecular weight is 304 g/mol. The van der Waals surface area contributed by atoms with Crippen molar-refractivity contribution in [2.24, 2.45) is 0 Å². The van der Waals surface area contributed by atoms with Crippen LogP contribution in [0, 0.1) is 5.82 Å². The Kier molecular flexibility index (Phi) is 6.32. The van der Waals surface area contributed by atoms with Crippen molar-refractivity contribution in [3.05, 3.63) is 34.1 Å². The summed E-state index contributed by atoms with van der Waals surface area (Å²) in [4.78, 5) is 11.6. The lowest BCUT2D eigenvalue weighted by molar-refractivity contribution is -0.117. The fourth-order valence-electron chi connectivity index (χ4n) is 1.34. The third kappa shape index (κ3) is 5.39. The molecule has 0 saturated heterocycles. The van der Waals surface area contributed by atoms with Gasteiger partial charge in [0.15, 0.2) is 5.78 Å². The van der Waals surface area contributed by atoms with Gasteiger partial charge in [-0.3, -0.25) is 4.79 Å². The van der Waals surface area contributed by atoms with Crippen LogP contribution in [0.3, 0.4) is 0 Å². The molecule has 0 aliphatic heterocycles. The van der Waals surface area contributed by atoms with Crippen LogP contribution in [-0.4, -0.2) is 32.6 Å². The van der Waals surface area contributed by atoms with Gasteiger partial charge in [-0.1, -0.05) is 22.0 Å². The first-order valence-electron chi connectivity index (χ1n) is 5.28. The maximum Gasteiger partial charge on any atom is 0.151 e. The molecule has 0 saturated carbocycles. The van der Waals surface area contributed by atoms with Gasteiger partial charge in [-0.2, -0.15) is 0 Å². The van der Waals surface area contributed by atoms with Crippen LogP contribution >= 0.6 is 15.9 Å². The number of rotatable bonds is 7. The van der Waals surface area contributed by atoms with Crippen LogP contribution in [0.15, 0.2) is 22.7 Å². The molecule has 94 valence electrons. The number of carbonyl (C=O) groups excluding carboxylic acids is 1. The quantitative estimate of drug-likeness (QED) is 0.782. The third-order valence-corrected chi connectivity index (χ3v) is 2.95. The summed E-state index contributed by atoms with van der Waals surface area (Å²) >= 11 is 3.24. The van der Waals surface area contributed by atoms with E-state index in [0.29, 0.717) is 30.6 Å². The molecule has 1 aromatic rings. The highest BCUT2D eigenvalue weighted by Gasteiger charge is 2.07. The lowest BCUT2D eigenvalue weighted by Crippen LogP contribution is -2.27. The van der Waals surface area contributed by atoms with Gasteiger partial charge in [-0.25, -0.2) is 4.39 Å². The number of ether oxygens (including phenoxy) is 1. The molecule has 0 radical (unpaired) electrons. The van der Waals surface area contributed by atoms with E-state index in [0.717, 1.165) is 5.56 Å². The van der Waals surface area contributed by atoms with E-state index in [-0.39, 0.29) is 11.6 Å². The number of Topliss-reactive ketones (excluding diaryl/α,β-unsaturated/α-hetero) is 1. The zero-order valence-corrected chi connectivity index (χ0v) is 11.2. The molecule has 0 atom stereocenters. The number of hydrogen-bond acceptors (Lipinski definition) is 3. The van der Waals surface area contributed by atoms with Crippen molar-refractivity contribution in [1.29, 1.82) is 0 Å². The van der Waals surface area contributed by atoms with E-state index in [1.165, 1.54) is 12.1 Å². The summed E-state index contributed by atoms with van der Waals surface area (Å²) in [6.07, 6.45) is 0.293. The van der Waals surface area contributed by atoms with Gasteiger partial charge in [0.1, 0.15) is 5.82 Å². The van der Waals surface area contributed by atoms with Crippen molar-refractivity contribution in [3.63, 3.8) is 0 Å². The molecule has 5 heteroatoms. The van der Waals surface area contributed by atoms with E-state index in [9.17, 15) is 9.18 Å². The molecule has 0 aliphatic rings. The Hall–Kier alpha value is -0.780. The SMILES string of the molecule is COCCNCC(=O)Cc1ccc(F)cc1Br. The standard InChI is InChI=1S/C12H15BrFNO2/c1-17-5-4-15-8-11(16)6-9-2-3-10(14)7-12(9)13/h2-3,7,15H,4-6,8H2,1H3. The zero-order valence-electron chi connectivity index (χ0n) is 9.63. The van der Waals surface area contributed by atoms with Crippen molar-refractivity contribution < 1.29 is 13.9 Å². The lowest BCUT2D eigenvalue weighted by Gasteiger charge is -2.05. The van der Waals surface area contributed by atoms with E-state index >= 15 is 0 Å². The summed E-state index contributed by atoms with van der Waals surface area (Å²) in [5, 5.41) is 2.97. The first-order chi connectivity index (χ1) is 8.13. The molecule has 3 nitrogen and oxygen atoms in total. The summed E-state index contributed by atoms with van der Waals surface area (Å²) in [5.41, 5.74) is 0.796. The minimum absolute atomic E-state index is 0.0633. The van der Waals surface area contributed by atoms with Gasteiger partial charge in [0.2, 0.25) is 0 Å². The van der Waals surface area contributed by atoms with Gasteiger partial charge >= 0.3 is 0 Å². The van der Waals surface area contributed by atoms with Crippen LogP contribution in [0.4, 0.5) is 4.39 Å². The lowest BCUT2D eigenvalue weighted by atomic mass is 10.1. The Morgan fingerprint density at radius 3 is 2.94 bits per heavy atom. The van der Waals surface area contributed by atoms with Crippen LogP contribution in [0.5, 0.6) is 0 Å². The molecular weight excluding hydrogens is 289 g/mol. The van der Waals surface area contributed by atoms with Crippen molar-refractivity contribution in [2.75, 3.05) is 26.8 Å². The van der Waals surface area contributed by atoms with Gasteiger partial charge < -0.3 is 10.1 Å². The maximum atomic E-state index is 12.8. The number of hydrogen-bond donors (Lipinski definition) is 1. The second kappa shape index (κ2) is 7.53. The van der Waals surface area contributed by atoms with Crippen molar-refractivity contribution in [3.8, 4) is 0 Å². The third-order valence-electron chi connectivity index (χ3n) is 2.21. The second-order valence-corrected chi connectivity index (χ2v) is 4.48. The highest BCUT2D eigenvalue weighted by molar-refractivity contribution is 9.10. The minimum atomic E-state index is -0.314. The smallest absolute Gasteiger partial charge is 0.151 e. The number of halogens is 2. The zero-order chi connectivity index (χ0) is 12.7. The predicted octanol–water partition coefficient (Wildman–Crippen LogP) is 1.94. The Balaban J connectivity index is 2.40. The molecule has 17 heavy (non-hydrogen) atoms. The number of ketones is 1. The molecule has 0 unspecified atom stereocenters. The first kappa shape index (κ1) is 14.3. The fourth-order valence-corrected chi connectivity index (χ4v) is 1.83. The monoisotopic (exact) mass is 303 g/mol. The van der Waals surface area contributed by atoms with Crippen LogP contribution in [0.25, 0.3) is 0 Å². The number of nitrogens with one attached hydrogen (secondary N) is 1. The molecule has 0 aliphatic carbocycles. The Labute approximate surface area is 108 Å². The molecule has 1 aromatic carbocycles. The maximum absolute atomic E-state index is 12.8. The topological polar surface area (TPSA) is 38.3 Å². The van der Waals surface area contributed by atoms with Gasteiger partial charge in [-0.05, 0) is 17.7 Å². The molecule has 1 rings (SSSR count). The minimum Gasteiger partial charge on any atom is -0.383 e. The Morgan fingerprint density at radius 2 is 2.29 bits per heavy atom. The molecule has 0 spiro atoms. The second-order valence-electron chi connectivity index (χ2n) is 3.62. The first-order valence-corrected chi connectivity index (χ1v) is 6.08. The van der Waals surface area contributed by atoms with Crippen LogP contribution < -0.4 is 5.32 Å². The normalized spacial score (nSPS) is 10.5. The molecule has 1 N–H and O–H groups in total. The van der Waals surface area contributed by atoms with Crippen LogP contribution in [-0.2, 0) is 16.0 Å². The van der Waals surface area contributed by atoms with E-state index in [1.54, 1.807) is 13.2 Å². The van der Waals surface area contributed by atoms with Crippen molar-refractivity contribution in [1.82, 2.24) is 5.32 Å². The fraction of sp³-hybridized carbons (Fsp3) is 0.417. The largest absolute Gasteiger partial charge is 0.383 e. The van der Waals surface area contributed by atoms with Gasteiger partial charge in [-0.15, -0.1) is 0 Å². The highest BCUT2D eigenvalue weighted by Crippen LogP contribution is 2.18. The van der Waals surface area contributed by atoms with Crippen LogP contribution in [0.1, 0.15) is 5.56 Å². The number of benzene rings is 1. The van der Waals surface area contributed by atoms with Gasteiger partial charge in [0.05, 0.1) is 13.2 Å². The molecule has 0 amide bonds. The molecule has 0 aromatic heterocycles. The van der Waals surface area contributed by atoms with E-state index in [1.807, 2.05) is 0 Å². The number of methoxy groups -OCH3 is 1. The highest BCUT2D eigenvalue weighted by atomic mass is 79.9. The van der Waals surface area contributed by atoms with Crippen molar-refractivity contribution in [2.45, 2.75) is 6.42 Å². The summed E-state index contributed by atoms with van der Waals surface area (Å²) < 4.78 is 18.3. The summed E-state index contributed by atoms with van der Waals surface area (Å²) in [5.74, 6) is -0.250. The number of carbonyl (C=O) groups is 1. The molecule has 0 bridgehead atoms. The van der Waals surface area contributed by atoms with Crippen LogP contribution in [0.2, 0.25) is 0 Å². The predicted molar refractivity (Wildman–Crippen MR) is 67.6 cm³/mol. The molecule has 0 heterocycles. The summed E-state index contributed by atoms with van der Waals surface area (Å²) in [7, 11) is 1.61. The van der Waals surface area contributed by atoms with Gasteiger partial charge in [0.25, 0.3) is 0 Å². The van der Waals surface area contributed by atoms with E-state index in [4.69, 9.17) is 4.74 Å². The Morgan fingerprint density at radius 1 is 1.53 bits per heavy atom. The van der Waals surface area contributed by atoms with E-state index < -0.39 is 0 Å². The summed E-state index contributed by atoms with van der Waals surface area (Å²) in [6.45, 7) is 1.52.